The molecule has 3 fully saturated rings. The fourth-order valence-electron chi connectivity index (χ4n) is 8.58. The Bertz CT molecular complexity index is 2470. The molecule has 1 aromatic heterocycles. The van der Waals surface area contributed by atoms with Gasteiger partial charge in [-0.2, -0.15) is 4.98 Å². The third-order valence-corrected chi connectivity index (χ3v) is 14.6. The highest BCUT2D eigenvalue weighted by Crippen LogP contribution is 2.48. The Morgan fingerprint density at radius 1 is 0.984 bits per heavy atom. The van der Waals surface area contributed by atoms with Crippen molar-refractivity contribution in [1.29, 1.82) is 0 Å². The van der Waals surface area contributed by atoms with Crippen LogP contribution in [-0.2, 0) is 24.4 Å². The van der Waals surface area contributed by atoms with Crippen molar-refractivity contribution in [2.45, 2.75) is 119 Å². The van der Waals surface area contributed by atoms with Crippen molar-refractivity contribution in [2.24, 2.45) is 5.92 Å². The number of sulfonamides is 1. The summed E-state index contributed by atoms with van der Waals surface area (Å²) in [6.07, 6.45) is 3.01. The normalized spacial score (nSPS) is 25.8. The molecule has 17 heteroatoms. The van der Waals surface area contributed by atoms with Gasteiger partial charge in [-0.05, 0) is 95.2 Å². The summed E-state index contributed by atoms with van der Waals surface area (Å²) in [7, 11) is -4.01. The predicted molar refractivity (Wildman–Crippen MR) is 227 cm³/mol. The first-order valence-electron chi connectivity index (χ1n) is 21.2. The molecule has 0 unspecified atom stereocenters. The first-order chi connectivity index (χ1) is 29.5. The molecule has 2 aliphatic carbocycles. The quantitative estimate of drug-likeness (QED) is 0.138. The lowest BCUT2D eigenvalue weighted by Crippen LogP contribution is -2.58. The molecule has 13 nitrogen and oxygen atoms in total. The van der Waals surface area contributed by atoms with Gasteiger partial charge in [0.1, 0.15) is 35.0 Å². The second kappa shape index (κ2) is 16.6. The minimum absolute atomic E-state index is 0.00791. The molecule has 3 amide bonds. The van der Waals surface area contributed by atoms with Crippen LogP contribution in [0.3, 0.4) is 0 Å². The Hall–Kier alpha value is -5.58. The van der Waals surface area contributed by atoms with Crippen LogP contribution < -0.4 is 24.8 Å². The smallest absolute Gasteiger partial charge is 0.459 e. The number of aromatic nitrogens is 2. The molecule has 3 aromatic carbocycles. The number of carbonyl (C=O) groups is 3. The number of allylic oxidation sites excluding steroid dienone is 1. The molecule has 3 heterocycles. The highest BCUT2D eigenvalue weighted by molar-refractivity contribution is 7.91. The maximum absolute atomic E-state index is 14.8. The van der Waals surface area contributed by atoms with Gasteiger partial charge >= 0.3 is 6.36 Å². The zero-order valence-corrected chi connectivity index (χ0v) is 35.6. The first-order valence-corrected chi connectivity index (χ1v) is 22.7. The van der Waals surface area contributed by atoms with E-state index in [-0.39, 0.29) is 43.1 Å². The molecule has 62 heavy (non-hydrogen) atoms. The molecule has 0 spiro atoms. The van der Waals surface area contributed by atoms with Crippen LogP contribution in [0.2, 0.25) is 0 Å². The minimum atomic E-state index is -4.83. The second-order valence-electron chi connectivity index (χ2n) is 17.4. The number of halogens is 3. The average molecular weight is 877 g/mol. The van der Waals surface area contributed by atoms with Crippen LogP contribution in [0.25, 0.3) is 22.2 Å². The number of anilines is 1. The van der Waals surface area contributed by atoms with E-state index >= 15 is 0 Å². The van der Waals surface area contributed by atoms with Crippen LogP contribution in [0.15, 0.2) is 84.9 Å². The van der Waals surface area contributed by atoms with Gasteiger partial charge in [-0.3, -0.25) is 23.7 Å². The monoisotopic (exact) mass is 876 g/mol. The summed E-state index contributed by atoms with van der Waals surface area (Å²) < 4.78 is 79.0. The minimum Gasteiger partial charge on any atom is -0.459 e. The van der Waals surface area contributed by atoms with E-state index in [0.29, 0.717) is 41.4 Å². The SMILES string of the molecule is CC(C)n1c(O[C@@H]2C[C@H]3C(=O)N[C@]4(C(=O)NS(=O)(=O)C5(C)CC5)C[C@H]4/C=C\CCCCC[C@H](Nc4ccccc4)C(=O)N3C2)nc2c(-c3ccc(OC(F)(F)F)cc3)cccc21. The summed E-state index contributed by atoms with van der Waals surface area (Å²) in [5.74, 6) is -2.52. The van der Waals surface area contributed by atoms with Crippen molar-refractivity contribution in [3.63, 3.8) is 0 Å². The number of rotatable bonds is 10. The van der Waals surface area contributed by atoms with E-state index in [2.05, 4.69) is 20.1 Å². The summed E-state index contributed by atoms with van der Waals surface area (Å²) in [5.41, 5.74) is 1.69. The summed E-state index contributed by atoms with van der Waals surface area (Å²) in [4.78, 5) is 49.9. The van der Waals surface area contributed by atoms with Gasteiger partial charge in [0.2, 0.25) is 21.8 Å². The predicted octanol–water partition coefficient (Wildman–Crippen LogP) is 7.41. The molecule has 4 aliphatic rings. The van der Waals surface area contributed by atoms with Gasteiger partial charge in [0.05, 0.1) is 16.8 Å². The van der Waals surface area contributed by atoms with Crippen LogP contribution in [0, 0.1) is 5.92 Å². The summed E-state index contributed by atoms with van der Waals surface area (Å²) in [6.45, 7) is 5.50. The molecule has 330 valence electrons. The number of imidazole rings is 1. The number of para-hydroxylation sites is 2. The number of nitrogens with one attached hydrogen (secondary N) is 3. The molecule has 2 saturated carbocycles. The van der Waals surface area contributed by atoms with Crippen LogP contribution in [0.5, 0.6) is 11.8 Å². The van der Waals surface area contributed by atoms with Crippen molar-refractivity contribution in [2.75, 3.05) is 11.9 Å². The number of amides is 3. The Labute approximate surface area is 358 Å². The Kier molecular flexibility index (Phi) is 11.5. The number of carbonyl (C=O) groups excluding carboxylic acids is 3. The number of alkyl halides is 3. The molecule has 5 atom stereocenters. The van der Waals surface area contributed by atoms with Crippen molar-refractivity contribution in [3.05, 3.63) is 84.9 Å². The van der Waals surface area contributed by atoms with E-state index in [1.54, 1.807) is 13.0 Å². The van der Waals surface area contributed by atoms with Crippen LogP contribution in [0.4, 0.5) is 18.9 Å². The standard InChI is InChI=1S/C45H51F3N6O7S/c1-28(2)54-36-18-12-16-34(29-19-21-32(22-20-29)61-45(46,47)48)38(36)50-42(54)60-33-25-37-39(55)51-44(41(57)52-62(58,59)43(3)23-24-43)26-30(44)13-8-5-4-6-11-17-35(40(56)53(37)27-33)49-31-14-9-7-10-15-31/h7-10,12-16,18-22,28,30,33,35,37,49H,4-6,11,17,23-27H2,1-3H3,(H,51,55)(H,52,57)/b13-8-/t30-,33-,35+,37+,44-/m1/s1. The van der Waals surface area contributed by atoms with Crippen molar-refractivity contribution >= 4 is 44.5 Å². The zero-order valence-electron chi connectivity index (χ0n) is 34.8. The summed E-state index contributed by atoms with van der Waals surface area (Å²) in [5, 5.41) is 6.33. The zero-order chi connectivity index (χ0) is 44.0. The largest absolute Gasteiger partial charge is 0.573 e. The molecular formula is C45H51F3N6O7S. The summed E-state index contributed by atoms with van der Waals surface area (Å²) in [6, 6.07) is 18.6. The van der Waals surface area contributed by atoms with Gasteiger partial charge in [-0.1, -0.05) is 67.5 Å². The van der Waals surface area contributed by atoms with E-state index in [1.807, 2.05) is 73.0 Å². The van der Waals surface area contributed by atoms with Crippen molar-refractivity contribution < 1.29 is 45.4 Å². The number of ether oxygens (including phenoxy) is 2. The maximum Gasteiger partial charge on any atom is 0.573 e. The first kappa shape index (κ1) is 43.1. The molecule has 3 N–H and O–H groups in total. The van der Waals surface area contributed by atoms with E-state index < -0.39 is 62.6 Å². The molecule has 0 radical (unpaired) electrons. The fraction of sp³-hybridized carbons (Fsp3) is 0.467. The van der Waals surface area contributed by atoms with E-state index in [4.69, 9.17) is 9.72 Å². The molecule has 1 saturated heterocycles. The number of nitrogens with zero attached hydrogens (tertiary/aromatic N) is 3. The summed E-state index contributed by atoms with van der Waals surface area (Å²) >= 11 is 0. The van der Waals surface area contributed by atoms with Crippen LogP contribution >= 0.6 is 0 Å². The Morgan fingerprint density at radius 3 is 2.42 bits per heavy atom. The number of fused-ring (bicyclic) bond motifs is 3. The van der Waals surface area contributed by atoms with Gasteiger partial charge in [0, 0.05) is 29.6 Å². The van der Waals surface area contributed by atoms with Gasteiger partial charge in [0.15, 0.2) is 0 Å². The van der Waals surface area contributed by atoms with Crippen molar-refractivity contribution in [3.8, 4) is 22.9 Å². The Morgan fingerprint density at radius 2 is 1.73 bits per heavy atom. The van der Waals surface area contributed by atoms with Gasteiger partial charge in [0.25, 0.3) is 11.9 Å². The maximum atomic E-state index is 14.8. The lowest BCUT2D eigenvalue weighted by Gasteiger charge is -2.30. The molecule has 2 aliphatic heterocycles. The lowest BCUT2D eigenvalue weighted by atomic mass is 10.0. The number of benzene rings is 3. The van der Waals surface area contributed by atoms with Gasteiger partial charge in [-0.15, -0.1) is 13.2 Å². The van der Waals surface area contributed by atoms with Crippen molar-refractivity contribution in [1.82, 2.24) is 24.5 Å². The molecule has 4 aromatic rings. The van der Waals surface area contributed by atoms with Crippen LogP contribution in [-0.4, -0.2) is 82.0 Å². The average Bonchev–Trinajstić information content (AvgIpc) is 4.04. The topological polar surface area (TPSA) is 161 Å². The number of hydrogen-bond donors (Lipinski definition) is 3. The van der Waals surface area contributed by atoms with E-state index in [1.165, 1.54) is 29.2 Å². The van der Waals surface area contributed by atoms with Crippen LogP contribution in [0.1, 0.15) is 84.6 Å². The molecular weight excluding hydrogens is 826 g/mol. The molecule has 8 rings (SSSR count). The Balaban J connectivity index is 1.12. The molecule has 0 bridgehead atoms. The third kappa shape index (κ3) is 8.86. The highest BCUT2D eigenvalue weighted by Gasteiger charge is 2.63. The highest BCUT2D eigenvalue weighted by atomic mass is 32.2. The fourth-order valence-corrected chi connectivity index (χ4v) is 9.89. The van der Waals surface area contributed by atoms with E-state index in [9.17, 15) is 36.0 Å². The third-order valence-electron chi connectivity index (χ3n) is 12.5. The number of hydrogen-bond acceptors (Lipinski definition) is 9. The second-order valence-corrected chi connectivity index (χ2v) is 19.6. The lowest BCUT2D eigenvalue weighted by molar-refractivity contribution is -0.274. The van der Waals surface area contributed by atoms with Gasteiger partial charge in [-0.25, -0.2) is 8.42 Å². The van der Waals surface area contributed by atoms with E-state index in [0.717, 1.165) is 31.4 Å². The van der Waals surface area contributed by atoms with Gasteiger partial charge < -0.3 is 25.0 Å².